The van der Waals surface area contributed by atoms with Gasteiger partial charge in [0.1, 0.15) is 0 Å². The van der Waals surface area contributed by atoms with Crippen LogP contribution < -0.4 is 16.4 Å². The van der Waals surface area contributed by atoms with Crippen molar-refractivity contribution in [2.45, 2.75) is 25.2 Å². The summed E-state index contributed by atoms with van der Waals surface area (Å²) >= 11 is 0. The second-order valence-electron chi connectivity index (χ2n) is 4.56. The Morgan fingerprint density at radius 1 is 1.35 bits per heavy atom. The zero-order valence-corrected chi connectivity index (χ0v) is 10.4. The number of hydrogen-bond donors (Lipinski definition) is 3. The van der Waals surface area contributed by atoms with Crippen LogP contribution in [0, 0.1) is 0 Å². The lowest BCUT2D eigenvalue weighted by molar-refractivity contribution is -0.117. The van der Waals surface area contributed by atoms with E-state index in [2.05, 4.69) is 10.6 Å². The van der Waals surface area contributed by atoms with Gasteiger partial charge in [0.2, 0.25) is 5.91 Å². The monoisotopic (exact) mass is 291 g/mol. The maximum absolute atomic E-state index is 12.8. The molecule has 4 nitrogen and oxygen atoms in total. The number of carbonyl (C=O) groups excluding carboxylic acids is 1. The van der Waals surface area contributed by atoms with Crippen LogP contribution in [0.2, 0.25) is 0 Å². The highest BCUT2D eigenvalue weighted by molar-refractivity contribution is 5.95. The predicted octanol–water partition coefficient (Wildman–Crippen LogP) is 2.47. The van der Waals surface area contributed by atoms with Crippen molar-refractivity contribution >= 4 is 23.0 Å². The van der Waals surface area contributed by atoms with E-state index in [9.17, 15) is 22.4 Å². The summed E-state index contributed by atoms with van der Waals surface area (Å²) in [5, 5.41) is 4.83. The Morgan fingerprint density at radius 3 is 2.70 bits per heavy atom. The number of rotatable bonds is 4. The molecule has 0 bridgehead atoms. The quantitative estimate of drug-likeness (QED) is 0.589. The van der Waals surface area contributed by atoms with E-state index >= 15 is 0 Å². The maximum Gasteiger partial charge on any atom is 0.324 e. The first-order valence-electron chi connectivity index (χ1n) is 5.91. The van der Waals surface area contributed by atoms with Gasteiger partial charge in [-0.2, -0.15) is 8.78 Å². The average Bonchev–Trinajstić information content (AvgIpc) is 2.36. The predicted molar refractivity (Wildman–Crippen MR) is 67.2 cm³/mol. The molecular formula is C12H13F4N3O. The molecule has 0 unspecified atom stereocenters. The third-order valence-corrected chi connectivity index (χ3v) is 3.00. The van der Waals surface area contributed by atoms with E-state index < -0.39 is 18.9 Å². The number of hydrogen-bond acceptors (Lipinski definition) is 3. The molecule has 1 aliphatic rings. The fourth-order valence-electron chi connectivity index (χ4n) is 1.89. The zero-order chi connectivity index (χ0) is 14.9. The van der Waals surface area contributed by atoms with Gasteiger partial charge in [0, 0.05) is 12.1 Å². The molecule has 2 rings (SSSR count). The number of amides is 1. The minimum Gasteiger partial charge on any atom is -0.397 e. The van der Waals surface area contributed by atoms with Crippen LogP contribution in [0.5, 0.6) is 0 Å². The molecule has 1 amide bonds. The van der Waals surface area contributed by atoms with Crippen molar-refractivity contribution in [2.24, 2.45) is 0 Å². The molecule has 0 saturated heterocycles. The van der Waals surface area contributed by atoms with Crippen molar-refractivity contribution in [1.82, 2.24) is 0 Å². The Balaban J connectivity index is 2.16. The lowest BCUT2D eigenvalue weighted by Gasteiger charge is -2.21. The number of aryl methyl sites for hydroxylation is 1. The lowest BCUT2D eigenvalue weighted by atomic mass is 10.0. The summed E-state index contributed by atoms with van der Waals surface area (Å²) < 4.78 is 49.8. The van der Waals surface area contributed by atoms with Gasteiger partial charge >= 0.3 is 12.3 Å². The third-order valence-electron chi connectivity index (χ3n) is 3.00. The van der Waals surface area contributed by atoms with E-state index in [4.69, 9.17) is 5.73 Å². The van der Waals surface area contributed by atoms with Gasteiger partial charge in [-0.1, -0.05) is 0 Å². The number of fused-ring (bicyclic) bond motifs is 1. The molecular weight excluding hydrogens is 278 g/mol. The number of nitrogens with one attached hydrogen (secondary N) is 2. The molecule has 0 radical (unpaired) electrons. The normalized spacial score (nSPS) is 14.9. The van der Waals surface area contributed by atoms with Crippen LogP contribution in [0.15, 0.2) is 12.1 Å². The van der Waals surface area contributed by atoms with Gasteiger partial charge in [-0.25, -0.2) is 8.78 Å². The van der Waals surface area contributed by atoms with Crippen molar-refractivity contribution in [3.8, 4) is 0 Å². The first-order chi connectivity index (χ1) is 9.29. The molecule has 20 heavy (non-hydrogen) atoms. The number of halogens is 4. The summed E-state index contributed by atoms with van der Waals surface area (Å²) in [4.78, 5) is 11.2. The second-order valence-corrected chi connectivity index (χ2v) is 4.56. The second kappa shape index (κ2) is 5.18. The van der Waals surface area contributed by atoms with Crippen molar-refractivity contribution in [1.29, 1.82) is 0 Å². The Morgan fingerprint density at radius 2 is 2.05 bits per heavy atom. The zero-order valence-electron chi connectivity index (χ0n) is 10.4. The first-order valence-corrected chi connectivity index (χ1v) is 5.91. The Labute approximate surface area is 112 Å². The topological polar surface area (TPSA) is 67.1 Å². The highest BCUT2D eigenvalue weighted by Crippen LogP contribution is 2.32. The number of alkyl halides is 4. The van der Waals surface area contributed by atoms with Gasteiger partial charge in [0.05, 0.1) is 17.9 Å². The van der Waals surface area contributed by atoms with Crippen LogP contribution in [-0.2, 0) is 11.2 Å². The standard InChI is InChI=1S/C12H13F4N3O/c13-11(14)12(15,16)5-18-9-3-6-1-2-10(20)19-8(6)4-7(9)17/h3-4,11,18H,1-2,5,17H2,(H,19,20). The van der Waals surface area contributed by atoms with Crippen molar-refractivity contribution < 1.29 is 22.4 Å². The number of carbonyl (C=O) groups is 1. The molecule has 1 aliphatic heterocycles. The van der Waals surface area contributed by atoms with Gasteiger partial charge in [0.15, 0.2) is 0 Å². The van der Waals surface area contributed by atoms with Gasteiger partial charge in [-0.15, -0.1) is 0 Å². The molecule has 1 aromatic rings. The molecule has 4 N–H and O–H groups in total. The summed E-state index contributed by atoms with van der Waals surface area (Å²) in [6.07, 6.45) is -3.02. The molecule has 0 fully saturated rings. The number of anilines is 3. The minimum atomic E-state index is -4.13. The Kier molecular flexibility index (Phi) is 3.74. The molecule has 110 valence electrons. The van der Waals surface area contributed by atoms with Crippen LogP contribution in [0.1, 0.15) is 12.0 Å². The molecule has 1 heterocycles. The van der Waals surface area contributed by atoms with Crippen molar-refractivity contribution in [3.05, 3.63) is 17.7 Å². The van der Waals surface area contributed by atoms with Crippen LogP contribution >= 0.6 is 0 Å². The Hall–Kier alpha value is -1.99. The maximum atomic E-state index is 12.8. The van der Waals surface area contributed by atoms with E-state index in [0.29, 0.717) is 12.1 Å². The minimum absolute atomic E-state index is 0.107. The van der Waals surface area contributed by atoms with E-state index in [1.165, 1.54) is 12.1 Å². The third kappa shape index (κ3) is 2.94. The molecule has 0 atom stereocenters. The average molecular weight is 291 g/mol. The Bertz CT molecular complexity index is 534. The van der Waals surface area contributed by atoms with Gasteiger partial charge in [0.25, 0.3) is 0 Å². The van der Waals surface area contributed by atoms with E-state index in [1.807, 2.05) is 0 Å². The fraction of sp³-hybridized carbons (Fsp3) is 0.417. The van der Waals surface area contributed by atoms with E-state index in [1.54, 1.807) is 0 Å². The van der Waals surface area contributed by atoms with Crippen LogP contribution in [0.4, 0.5) is 34.6 Å². The molecule has 0 aliphatic carbocycles. The molecule has 1 aromatic carbocycles. The fourth-order valence-corrected chi connectivity index (χ4v) is 1.89. The number of benzene rings is 1. The summed E-state index contributed by atoms with van der Waals surface area (Å²) in [6.45, 7) is -1.21. The number of nitrogens with two attached hydrogens (primary N) is 1. The van der Waals surface area contributed by atoms with Gasteiger partial charge < -0.3 is 16.4 Å². The van der Waals surface area contributed by atoms with Gasteiger partial charge in [-0.3, -0.25) is 4.79 Å². The van der Waals surface area contributed by atoms with Crippen LogP contribution in [0.3, 0.4) is 0 Å². The smallest absolute Gasteiger partial charge is 0.324 e. The van der Waals surface area contributed by atoms with Gasteiger partial charge in [-0.05, 0) is 24.1 Å². The first kappa shape index (κ1) is 14.4. The summed E-state index contributed by atoms with van der Waals surface area (Å²) in [6, 6.07) is 2.92. The summed E-state index contributed by atoms with van der Waals surface area (Å²) in [7, 11) is 0. The SMILES string of the molecule is Nc1cc2c(cc1NCC(F)(F)C(F)F)CCC(=O)N2. The van der Waals surface area contributed by atoms with Crippen molar-refractivity contribution in [2.75, 3.05) is 22.9 Å². The van der Waals surface area contributed by atoms with E-state index in [0.717, 1.165) is 5.56 Å². The molecule has 0 spiro atoms. The highest BCUT2D eigenvalue weighted by Gasteiger charge is 2.40. The van der Waals surface area contributed by atoms with Crippen LogP contribution in [-0.4, -0.2) is 24.8 Å². The van der Waals surface area contributed by atoms with Crippen LogP contribution in [0.25, 0.3) is 0 Å². The highest BCUT2D eigenvalue weighted by atomic mass is 19.3. The van der Waals surface area contributed by atoms with Crippen molar-refractivity contribution in [3.63, 3.8) is 0 Å². The molecule has 0 saturated carbocycles. The summed E-state index contributed by atoms with van der Waals surface area (Å²) in [5.41, 5.74) is 7.15. The lowest BCUT2D eigenvalue weighted by Crippen LogP contribution is -2.35. The number of nitrogen functional groups attached to an aromatic ring is 1. The molecule has 8 heteroatoms. The summed E-state index contributed by atoms with van der Waals surface area (Å²) in [5.74, 6) is -4.28. The largest absolute Gasteiger partial charge is 0.397 e. The molecule has 0 aromatic heterocycles. The van der Waals surface area contributed by atoms with E-state index in [-0.39, 0.29) is 23.7 Å².